The van der Waals surface area contributed by atoms with Crippen molar-refractivity contribution in [2.75, 3.05) is 33.1 Å². The molecule has 0 unspecified atom stereocenters. The van der Waals surface area contributed by atoms with E-state index in [-0.39, 0.29) is 11.2 Å². The minimum atomic E-state index is -0.300. The van der Waals surface area contributed by atoms with Crippen LogP contribution >= 0.6 is 0 Å². The summed E-state index contributed by atoms with van der Waals surface area (Å²) in [6.07, 6.45) is 2.81. The standard InChI is InChI=1S/C19H31N5O2/c1-13-12-15(22(5)6)16-17(20-13)23(7)19(26)24(18(16)25)11-9-8-10-14(2)21(3)4/h12,14H,8-11H2,1-7H3/t14-/m1/s1. The van der Waals surface area contributed by atoms with E-state index in [1.165, 1.54) is 9.13 Å². The van der Waals surface area contributed by atoms with Crippen molar-refractivity contribution in [3.8, 4) is 0 Å². The van der Waals surface area contributed by atoms with Gasteiger partial charge in [0.1, 0.15) is 5.39 Å². The van der Waals surface area contributed by atoms with Gasteiger partial charge in [-0.1, -0.05) is 6.42 Å². The van der Waals surface area contributed by atoms with Crippen LogP contribution in [0, 0.1) is 6.92 Å². The SMILES string of the molecule is Cc1cc(N(C)C)c2c(=O)n(CCCC[C@@H](C)N(C)C)c(=O)n(C)c2n1. The molecular formula is C19H31N5O2. The lowest BCUT2D eigenvalue weighted by Crippen LogP contribution is -2.40. The molecule has 0 aliphatic rings. The molecule has 0 saturated heterocycles. The topological polar surface area (TPSA) is 63.4 Å². The van der Waals surface area contributed by atoms with E-state index in [1.54, 1.807) is 7.05 Å². The number of aromatic nitrogens is 3. The zero-order chi connectivity index (χ0) is 19.6. The molecule has 0 fully saturated rings. The van der Waals surface area contributed by atoms with Gasteiger partial charge in [0.25, 0.3) is 5.56 Å². The molecule has 1 atom stereocenters. The molecule has 2 heterocycles. The second kappa shape index (κ2) is 8.03. The van der Waals surface area contributed by atoms with Crippen molar-refractivity contribution in [2.45, 2.75) is 45.7 Å². The molecule has 0 bridgehead atoms. The normalized spacial score (nSPS) is 12.8. The lowest BCUT2D eigenvalue weighted by atomic mass is 10.1. The Morgan fingerprint density at radius 3 is 2.38 bits per heavy atom. The van der Waals surface area contributed by atoms with Crippen LogP contribution in [-0.2, 0) is 13.6 Å². The number of rotatable bonds is 7. The van der Waals surface area contributed by atoms with E-state index in [0.717, 1.165) is 30.6 Å². The number of fused-ring (bicyclic) bond motifs is 1. The van der Waals surface area contributed by atoms with Crippen LogP contribution in [-0.4, -0.2) is 53.3 Å². The summed E-state index contributed by atoms with van der Waals surface area (Å²) in [4.78, 5) is 34.3. The van der Waals surface area contributed by atoms with E-state index >= 15 is 0 Å². The Balaban J connectivity index is 2.42. The highest BCUT2D eigenvalue weighted by Crippen LogP contribution is 2.21. The quantitative estimate of drug-likeness (QED) is 0.701. The average molecular weight is 361 g/mol. The van der Waals surface area contributed by atoms with E-state index in [1.807, 2.05) is 32.0 Å². The second-order valence-electron chi connectivity index (χ2n) is 7.48. The molecule has 7 nitrogen and oxygen atoms in total. The molecule has 0 spiro atoms. The molecule has 7 heteroatoms. The van der Waals surface area contributed by atoms with Crippen LogP contribution in [0.15, 0.2) is 15.7 Å². The van der Waals surface area contributed by atoms with Gasteiger partial charge in [-0.05, 0) is 46.9 Å². The fourth-order valence-electron chi connectivity index (χ4n) is 3.10. The molecule has 0 radical (unpaired) electrons. The summed E-state index contributed by atoms with van der Waals surface area (Å²) >= 11 is 0. The number of unbranched alkanes of at least 4 members (excludes halogenated alkanes) is 1. The van der Waals surface area contributed by atoms with Crippen molar-refractivity contribution in [3.63, 3.8) is 0 Å². The summed E-state index contributed by atoms with van der Waals surface area (Å²) in [7, 11) is 9.59. The van der Waals surface area contributed by atoms with Gasteiger partial charge >= 0.3 is 5.69 Å². The Labute approximate surface area is 154 Å². The van der Waals surface area contributed by atoms with Crippen molar-refractivity contribution < 1.29 is 0 Å². The molecule has 2 aromatic rings. The van der Waals surface area contributed by atoms with Crippen LogP contribution in [0.25, 0.3) is 11.0 Å². The third kappa shape index (κ3) is 3.98. The van der Waals surface area contributed by atoms with Gasteiger partial charge in [0, 0.05) is 39.4 Å². The van der Waals surface area contributed by atoms with Crippen molar-refractivity contribution in [3.05, 3.63) is 32.6 Å². The van der Waals surface area contributed by atoms with Gasteiger partial charge in [-0.2, -0.15) is 0 Å². The lowest BCUT2D eigenvalue weighted by Gasteiger charge is -2.20. The first-order valence-corrected chi connectivity index (χ1v) is 9.10. The largest absolute Gasteiger partial charge is 0.377 e. The fraction of sp³-hybridized carbons (Fsp3) is 0.632. The summed E-state index contributed by atoms with van der Waals surface area (Å²) in [5.74, 6) is 0. The Kier molecular flexibility index (Phi) is 6.23. The summed E-state index contributed by atoms with van der Waals surface area (Å²) < 4.78 is 2.84. The van der Waals surface area contributed by atoms with Crippen molar-refractivity contribution in [1.29, 1.82) is 0 Å². The minimum absolute atomic E-state index is 0.250. The third-order valence-electron chi connectivity index (χ3n) is 5.02. The van der Waals surface area contributed by atoms with Gasteiger partial charge in [-0.15, -0.1) is 0 Å². The molecule has 144 valence electrons. The van der Waals surface area contributed by atoms with Crippen LogP contribution in [0.4, 0.5) is 5.69 Å². The second-order valence-corrected chi connectivity index (χ2v) is 7.48. The smallest absolute Gasteiger partial charge is 0.332 e. The highest BCUT2D eigenvalue weighted by molar-refractivity contribution is 5.88. The first-order chi connectivity index (χ1) is 12.1. The van der Waals surface area contributed by atoms with E-state index in [4.69, 9.17) is 0 Å². The van der Waals surface area contributed by atoms with Gasteiger partial charge in [0.05, 0.1) is 5.69 Å². The molecule has 0 amide bonds. The zero-order valence-electron chi connectivity index (χ0n) is 17.0. The van der Waals surface area contributed by atoms with Crippen LogP contribution in [0.1, 0.15) is 31.9 Å². The summed E-state index contributed by atoms with van der Waals surface area (Å²) in [6.45, 7) is 4.48. The molecule has 0 aliphatic carbocycles. The monoisotopic (exact) mass is 361 g/mol. The number of hydrogen-bond donors (Lipinski definition) is 0. The lowest BCUT2D eigenvalue weighted by molar-refractivity contribution is 0.290. The Hall–Kier alpha value is -2.15. The van der Waals surface area contributed by atoms with Gasteiger partial charge in [0.15, 0.2) is 5.65 Å². The number of aryl methyl sites for hydroxylation is 2. The predicted octanol–water partition coefficient (Wildman–Crippen LogP) is 1.59. The molecule has 26 heavy (non-hydrogen) atoms. The maximum absolute atomic E-state index is 13.0. The van der Waals surface area contributed by atoms with E-state index in [2.05, 4.69) is 30.9 Å². The molecular weight excluding hydrogens is 330 g/mol. The molecule has 2 aromatic heterocycles. The van der Waals surface area contributed by atoms with E-state index < -0.39 is 0 Å². The van der Waals surface area contributed by atoms with Crippen molar-refractivity contribution >= 4 is 16.7 Å². The highest BCUT2D eigenvalue weighted by Gasteiger charge is 2.17. The Bertz CT molecular complexity index is 895. The number of nitrogens with zero attached hydrogens (tertiary/aromatic N) is 5. The van der Waals surface area contributed by atoms with Gasteiger partial charge < -0.3 is 9.80 Å². The van der Waals surface area contributed by atoms with Crippen LogP contribution < -0.4 is 16.1 Å². The maximum atomic E-state index is 13.0. The number of anilines is 1. The summed E-state index contributed by atoms with van der Waals surface area (Å²) in [5, 5.41) is 0.504. The minimum Gasteiger partial charge on any atom is -0.377 e. The Morgan fingerprint density at radius 1 is 1.15 bits per heavy atom. The van der Waals surface area contributed by atoms with Crippen LogP contribution in [0.3, 0.4) is 0 Å². The molecule has 2 rings (SSSR count). The third-order valence-corrected chi connectivity index (χ3v) is 5.02. The number of hydrogen-bond acceptors (Lipinski definition) is 5. The van der Waals surface area contributed by atoms with Gasteiger partial charge in [-0.3, -0.25) is 13.9 Å². The summed E-state index contributed by atoms with van der Waals surface area (Å²) in [5.41, 5.74) is 1.47. The van der Waals surface area contributed by atoms with Crippen molar-refractivity contribution in [1.82, 2.24) is 19.0 Å². The first-order valence-electron chi connectivity index (χ1n) is 9.10. The van der Waals surface area contributed by atoms with Crippen molar-refractivity contribution in [2.24, 2.45) is 7.05 Å². The Morgan fingerprint density at radius 2 is 1.81 bits per heavy atom. The zero-order valence-corrected chi connectivity index (χ0v) is 17.0. The van der Waals surface area contributed by atoms with E-state index in [9.17, 15) is 9.59 Å². The van der Waals surface area contributed by atoms with E-state index in [0.29, 0.717) is 23.6 Å². The van der Waals surface area contributed by atoms with Gasteiger partial charge in [0.2, 0.25) is 0 Å². The first kappa shape index (κ1) is 20.2. The van der Waals surface area contributed by atoms with Crippen LogP contribution in [0.2, 0.25) is 0 Å². The molecule has 0 saturated carbocycles. The fourth-order valence-corrected chi connectivity index (χ4v) is 3.10. The number of pyridine rings is 1. The predicted molar refractivity (Wildman–Crippen MR) is 107 cm³/mol. The molecule has 0 aromatic carbocycles. The van der Waals surface area contributed by atoms with Gasteiger partial charge in [-0.25, -0.2) is 9.78 Å². The molecule has 0 N–H and O–H groups in total. The average Bonchev–Trinajstić information content (AvgIpc) is 2.57. The maximum Gasteiger partial charge on any atom is 0.332 e. The molecule has 0 aliphatic heterocycles. The highest BCUT2D eigenvalue weighted by atomic mass is 16.2. The van der Waals surface area contributed by atoms with Crippen LogP contribution in [0.5, 0.6) is 0 Å². The summed E-state index contributed by atoms with van der Waals surface area (Å²) in [6, 6.07) is 2.37.